The molecule has 3 rings (SSSR count). The van der Waals surface area contributed by atoms with Crippen LogP contribution in [0.15, 0.2) is 30.3 Å². The molecule has 0 N–H and O–H groups in total. The Balaban J connectivity index is 2.04. The second-order valence-corrected chi connectivity index (χ2v) is 13.8. The summed E-state index contributed by atoms with van der Waals surface area (Å²) in [5.41, 5.74) is 1.73. The molecule has 11 heteroatoms. The van der Waals surface area contributed by atoms with Gasteiger partial charge in [-0.05, 0) is 64.8 Å². The number of carbonyl (C=O) groups excluding carboxylic acids is 1. The molecule has 9 nitrogen and oxygen atoms in total. The summed E-state index contributed by atoms with van der Waals surface area (Å²) in [5.74, 6) is -1.78. The quantitative estimate of drug-likeness (QED) is 0.381. The Hall–Kier alpha value is -2.89. The summed E-state index contributed by atoms with van der Waals surface area (Å²) in [5, 5.41) is 0. The van der Waals surface area contributed by atoms with Crippen LogP contribution in [0.1, 0.15) is 78.5 Å². The Kier molecular flexibility index (Phi) is 9.43. The number of anilines is 1. The van der Waals surface area contributed by atoms with Crippen molar-refractivity contribution in [2.75, 3.05) is 17.6 Å². The van der Waals surface area contributed by atoms with Crippen molar-refractivity contribution < 1.29 is 31.8 Å². The molecule has 2 heterocycles. The van der Waals surface area contributed by atoms with Crippen LogP contribution in [0.2, 0.25) is 0 Å². The molecule has 2 atom stereocenters. The molecule has 0 spiro atoms. The fourth-order valence-electron chi connectivity index (χ4n) is 4.36. The van der Waals surface area contributed by atoms with Gasteiger partial charge in [-0.1, -0.05) is 26.0 Å². The van der Waals surface area contributed by atoms with Crippen LogP contribution in [-0.4, -0.2) is 61.3 Å². The Labute approximate surface area is 236 Å². The van der Waals surface area contributed by atoms with E-state index < -0.39 is 39.4 Å². The monoisotopic (exact) mass is 577 g/mol. The molecular formula is C29H40FN3O6S. The number of aromatic nitrogens is 2. The third-order valence-electron chi connectivity index (χ3n) is 6.08. The number of carbonyl (C=O) groups is 1. The zero-order valence-electron chi connectivity index (χ0n) is 24.7. The van der Waals surface area contributed by atoms with Crippen molar-refractivity contribution in [1.29, 1.82) is 0 Å². The lowest BCUT2D eigenvalue weighted by molar-refractivity contribution is -0.290. The molecule has 0 bridgehead atoms. The van der Waals surface area contributed by atoms with Gasteiger partial charge in [-0.25, -0.2) is 27.1 Å². The van der Waals surface area contributed by atoms with Crippen molar-refractivity contribution in [3.8, 4) is 11.3 Å². The third kappa shape index (κ3) is 8.55. The normalized spacial score (nSPS) is 19.7. The van der Waals surface area contributed by atoms with Gasteiger partial charge in [0.2, 0.25) is 16.0 Å². The van der Waals surface area contributed by atoms with E-state index in [2.05, 4.69) is 9.97 Å². The highest BCUT2D eigenvalue weighted by Crippen LogP contribution is 2.34. The first-order valence-corrected chi connectivity index (χ1v) is 15.1. The van der Waals surface area contributed by atoms with Crippen LogP contribution in [0.25, 0.3) is 17.3 Å². The molecule has 1 aliphatic heterocycles. The topological polar surface area (TPSA) is 108 Å². The highest BCUT2D eigenvalue weighted by molar-refractivity contribution is 7.92. The number of hydrogen-bond donors (Lipinski definition) is 0. The molecule has 1 saturated heterocycles. The van der Waals surface area contributed by atoms with Gasteiger partial charge in [0.25, 0.3) is 0 Å². The third-order valence-corrected chi connectivity index (χ3v) is 7.24. The molecule has 1 fully saturated rings. The van der Waals surface area contributed by atoms with Crippen LogP contribution in [0.3, 0.4) is 0 Å². The maximum atomic E-state index is 13.8. The summed E-state index contributed by atoms with van der Waals surface area (Å²) in [7, 11) is -2.24. The Morgan fingerprint density at radius 1 is 1.20 bits per heavy atom. The van der Waals surface area contributed by atoms with Gasteiger partial charge in [0.15, 0.2) is 5.79 Å². The van der Waals surface area contributed by atoms with Crippen LogP contribution >= 0.6 is 0 Å². The second-order valence-electron chi connectivity index (χ2n) is 11.7. The highest BCUT2D eigenvalue weighted by atomic mass is 32.2. The molecule has 0 unspecified atom stereocenters. The summed E-state index contributed by atoms with van der Waals surface area (Å²) in [6.07, 6.45) is 4.46. The SMILES string of the molecule is CC(C)c1nc(N(C)S(C)(=O)=O)nc(-c2ccc(F)cc2)c1/C=C/[C@H]1C[C@@H](CC(=O)OC(C)(C)C)OC(C)(C)O1. The smallest absolute Gasteiger partial charge is 0.308 e. The maximum absolute atomic E-state index is 13.8. The number of benzene rings is 1. The van der Waals surface area contributed by atoms with E-state index in [0.717, 1.165) is 10.6 Å². The molecule has 1 aromatic heterocycles. The van der Waals surface area contributed by atoms with Gasteiger partial charge in [-0.3, -0.25) is 4.79 Å². The van der Waals surface area contributed by atoms with Gasteiger partial charge >= 0.3 is 5.97 Å². The van der Waals surface area contributed by atoms with Crippen LogP contribution in [-0.2, 0) is 29.0 Å². The summed E-state index contributed by atoms with van der Waals surface area (Å²) in [4.78, 5) is 21.7. The van der Waals surface area contributed by atoms with Crippen LogP contribution in [0.5, 0.6) is 0 Å². The molecule has 0 aliphatic carbocycles. The average Bonchev–Trinajstić information content (AvgIpc) is 2.79. The van der Waals surface area contributed by atoms with Crippen LogP contribution in [0, 0.1) is 5.82 Å². The second kappa shape index (κ2) is 11.9. The van der Waals surface area contributed by atoms with Gasteiger partial charge in [0.05, 0.1) is 36.3 Å². The Bertz CT molecular complexity index is 1350. The van der Waals surface area contributed by atoms with E-state index in [-0.39, 0.29) is 24.3 Å². The van der Waals surface area contributed by atoms with Crippen LogP contribution in [0.4, 0.5) is 10.3 Å². The number of sulfonamides is 1. The van der Waals surface area contributed by atoms with E-state index >= 15 is 0 Å². The fraction of sp³-hybridized carbons (Fsp3) is 0.552. The minimum absolute atomic E-state index is 0.0172. The van der Waals surface area contributed by atoms with Crippen molar-refractivity contribution in [2.45, 2.75) is 90.8 Å². The van der Waals surface area contributed by atoms with Gasteiger partial charge in [0.1, 0.15) is 11.4 Å². The van der Waals surface area contributed by atoms with E-state index in [1.807, 2.05) is 46.8 Å². The molecule has 0 saturated carbocycles. The molecule has 40 heavy (non-hydrogen) atoms. The summed E-state index contributed by atoms with van der Waals surface area (Å²) >= 11 is 0. The molecule has 1 aromatic carbocycles. The summed E-state index contributed by atoms with van der Waals surface area (Å²) in [6.45, 7) is 12.9. The average molecular weight is 578 g/mol. The molecule has 0 radical (unpaired) electrons. The number of halogens is 1. The largest absolute Gasteiger partial charge is 0.460 e. The first-order chi connectivity index (χ1) is 18.3. The summed E-state index contributed by atoms with van der Waals surface area (Å²) in [6, 6.07) is 5.83. The van der Waals surface area contributed by atoms with E-state index in [9.17, 15) is 17.6 Å². The Morgan fingerprint density at radius 3 is 2.38 bits per heavy atom. The van der Waals surface area contributed by atoms with Gasteiger partial charge in [0, 0.05) is 24.6 Å². The molecular weight excluding hydrogens is 537 g/mol. The van der Waals surface area contributed by atoms with E-state index in [1.165, 1.54) is 19.2 Å². The standard InChI is InChI=1S/C29H40FN3O6S/c1-18(2)25-23(15-14-21-16-22(38-29(6,7)37-21)17-24(34)39-28(3,4)5)26(19-10-12-20(30)13-11-19)32-27(31-25)33(8)40(9,35)36/h10-15,18,21-22H,16-17H2,1-9H3/b15-14+/t21-,22-/m0/s1. The zero-order valence-corrected chi connectivity index (χ0v) is 25.5. The lowest BCUT2D eigenvalue weighted by Gasteiger charge is -2.39. The van der Waals surface area contributed by atoms with Gasteiger partial charge in [-0.2, -0.15) is 0 Å². The number of hydrogen-bond acceptors (Lipinski definition) is 8. The molecule has 1 aliphatic rings. The van der Waals surface area contributed by atoms with E-state index in [4.69, 9.17) is 14.2 Å². The van der Waals surface area contributed by atoms with Gasteiger partial charge < -0.3 is 14.2 Å². The molecule has 2 aromatic rings. The zero-order chi connectivity index (χ0) is 30.0. The predicted molar refractivity (Wildman–Crippen MR) is 153 cm³/mol. The molecule has 0 amide bonds. The first kappa shape index (κ1) is 31.6. The van der Waals surface area contributed by atoms with Crippen molar-refractivity contribution in [3.05, 3.63) is 47.4 Å². The number of esters is 1. The fourth-order valence-corrected chi connectivity index (χ4v) is 4.74. The number of ether oxygens (including phenoxy) is 3. The molecule has 220 valence electrons. The number of nitrogens with zero attached hydrogens (tertiary/aromatic N) is 3. The lowest BCUT2D eigenvalue weighted by atomic mass is 9.97. The van der Waals surface area contributed by atoms with Crippen molar-refractivity contribution in [3.63, 3.8) is 0 Å². The van der Waals surface area contributed by atoms with Gasteiger partial charge in [-0.15, -0.1) is 0 Å². The minimum atomic E-state index is -3.63. The first-order valence-electron chi connectivity index (χ1n) is 13.2. The van der Waals surface area contributed by atoms with E-state index in [1.54, 1.807) is 26.0 Å². The van der Waals surface area contributed by atoms with Crippen LogP contribution < -0.4 is 4.31 Å². The maximum Gasteiger partial charge on any atom is 0.308 e. The van der Waals surface area contributed by atoms with Crippen molar-refractivity contribution in [2.24, 2.45) is 0 Å². The highest BCUT2D eigenvalue weighted by Gasteiger charge is 2.36. The predicted octanol–water partition coefficient (Wildman–Crippen LogP) is 5.46. The van der Waals surface area contributed by atoms with E-state index in [0.29, 0.717) is 28.9 Å². The van der Waals surface area contributed by atoms with Crippen molar-refractivity contribution >= 4 is 28.0 Å². The number of rotatable bonds is 8. The van der Waals surface area contributed by atoms with Crippen molar-refractivity contribution in [1.82, 2.24) is 9.97 Å². The Morgan fingerprint density at radius 2 is 1.82 bits per heavy atom. The minimum Gasteiger partial charge on any atom is -0.460 e. The lowest BCUT2D eigenvalue weighted by Crippen LogP contribution is -2.45. The summed E-state index contributed by atoms with van der Waals surface area (Å²) < 4.78 is 57.0.